The molecule has 148 valence electrons. The van der Waals surface area contributed by atoms with E-state index in [1.54, 1.807) is 13.1 Å². The number of hydrogen-bond acceptors (Lipinski definition) is 5. The third-order valence-electron chi connectivity index (χ3n) is 4.44. The van der Waals surface area contributed by atoms with Crippen molar-refractivity contribution >= 4 is 36.5 Å². The summed E-state index contributed by atoms with van der Waals surface area (Å²) in [5, 5.41) is 2.93. The number of pyridine rings is 1. The first-order chi connectivity index (χ1) is 12.1. The monoisotopic (exact) mass is 412 g/mol. The molecule has 6 nitrogen and oxygen atoms in total. The van der Waals surface area contributed by atoms with Crippen molar-refractivity contribution in [3.63, 3.8) is 0 Å². The van der Waals surface area contributed by atoms with Crippen LogP contribution in [0, 0.1) is 0 Å². The van der Waals surface area contributed by atoms with Crippen molar-refractivity contribution < 1.29 is 9.53 Å². The molecule has 1 saturated heterocycles. The van der Waals surface area contributed by atoms with Gasteiger partial charge < -0.3 is 20.7 Å². The van der Waals surface area contributed by atoms with Gasteiger partial charge in [0.2, 0.25) is 5.91 Å². The van der Waals surface area contributed by atoms with Crippen LogP contribution in [0.5, 0.6) is 0 Å². The third kappa shape index (κ3) is 5.81. The lowest BCUT2D eigenvalue weighted by Gasteiger charge is -2.28. The summed E-state index contributed by atoms with van der Waals surface area (Å²) >= 11 is 0. The molecule has 2 aromatic rings. The van der Waals surface area contributed by atoms with Gasteiger partial charge in [0, 0.05) is 25.8 Å². The van der Waals surface area contributed by atoms with Gasteiger partial charge in [-0.3, -0.25) is 4.79 Å². The largest absolute Gasteiger partial charge is 0.378 e. The number of nitrogens with zero attached hydrogens (tertiary/aromatic N) is 2. The number of nitrogens with two attached hydrogens (primary N) is 1. The molecule has 8 heteroatoms. The first kappa shape index (κ1) is 23.2. The Morgan fingerprint density at radius 2 is 1.89 bits per heavy atom. The number of hydrogen-bond donors (Lipinski definition) is 2. The molecule has 1 amide bonds. The van der Waals surface area contributed by atoms with Crippen LogP contribution in [0.2, 0.25) is 0 Å². The molecular weight excluding hydrogens is 387 g/mol. The van der Waals surface area contributed by atoms with Crippen molar-refractivity contribution in [1.29, 1.82) is 0 Å². The molecule has 0 saturated carbocycles. The van der Waals surface area contributed by atoms with Crippen molar-refractivity contribution in [2.24, 2.45) is 5.73 Å². The van der Waals surface area contributed by atoms with Crippen molar-refractivity contribution in [2.75, 3.05) is 31.2 Å². The van der Waals surface area contributed by atoms with E-state index in [1.165, 1.54) is 0 Å². The zero-order valence-corrected chi connectivity index (χ0v) is 16.9. The molecule has 0 bridgehead atoms. The Kier molecular flexibility index (Phi) is 8.99. The van der Waals surface area contributed by atoms with E-state index < -0.39 is 5.54 Å². The van der Waals surface area contributed by atoms with Crippen molar-refractivity contribution in [3.05, 3.63) is 59.8 Å². The maximum atomic E-state index is 12.5. The molecule has 1 atom stereocenters. The fourth-order valence-corrected chi connectivity index (χ4v) is 2.82. The van der Waals surface area contributed by atoms with E-state index in [1.807, 2.05) is 42.5 Å². The van der Waals surface area contributed by atoms with Gasteiger partial charge in [-0.2, -0.15) is 0 Å². The predicted molar refractivity (Wildman–Crippen MR) is 112 cm³/mol. The summed E-state index contributed by atoms with van der Waals surface area (Å²) in [5.41, 5.74) is 6.96. The first-order valence-electron chi connectivity index (χ1n) is 8.48. The summed E-state index contributed by atoms with van der Waals surface area (Å²) in [4.78, 5) is 19.2. The van der Waals surface area contributed by atoms with E-state index >= 15 is 0 Å². The van der Waals surface area contributed by atoms with E-state index in [9.17, 15) is 4.79 Å². The fraction of sp³-hybridized carbons (Fsp3) is 0.368. The SMILES string of the molecule is CC(N)(C(=O)NCc1ccnc(N2CCOCC2)c1)c1ccccc1.Cl.Cl. The Morgan fingerprint density at radius 1 is 1.22 bits per heavy atom. The van der Waals surface area contributed by atoms with Crippen LogP contribution in [-0.2, 0) is 21.6 Å². The van der Waals surface area contributed by atoms with E-state index in [-0.39, 0.29) is 30.7 Å². The van der Waals surface area contributed by atoms with Crippen LogP contribution >= 0.6 is 24.8 Å². The molecule has 1 unspecified atom stereocenters. The molecular formula is C19H26Cl2N4O2. The smallest absolute Gasteiger partial charge is 0.244 e. The normalized spacial score (nSPS) is 15.7. The Morgan fingerprint density at radius 3 is 2.56 bits per heavy atom. The fourth-order valence-electron chi connectivity index (χ4n) is 2.82. The molecule has 1 fully saturated rings. The van der Waals surface area contributed by atoms with Gasteiger partial charge >= 0.3 is 0 Å². The molecule has 1 aromatic carbocycles. The van der Waals surface area contributed by atoms with E-state index in [2.05, 4.69) is 15.2 Å². The van der Waals surface area contributed by atoms with Crippen LogP contribution < -0.4 is 16.0 Å². The summed E-state index contributed by atoms with van der Waals surface area (Å²) in [6.07, 6.45) is 1.77. The van der Waals surface area contributed by atoms with Crippen molar-refractivity contribution in [1.82, 2.24) is 10.3 Å². The molecule has 3 rings (SSSR count). The van der Waals surface area contributed by atoms with Gasteiger partial charge in [0.05, 0.1) is 13.2 Å². The molecule has 0 radical (unpaired) electrons. The van der Waals surface area contributed by atoms with E-state index in [0.717, 1.165) is 30.0 Å². The Balaban J connectivity index is 0.00000182. The van der Waals surface area contributed by atoms with E-state index in [4.69, 9.17) is 10.5 Å². The number of rotatable bonds is 5. The summed E-state index contributed by atoms with van der Waals surface area (Å²) in [5.74, 6) is 0.706. The standard InChI is InChI=1S/C19H24N4O2.2ClH/c1-19(20,16-5-3-2-4-6-16)18(24)22-14-15-7-8-21-17(13-15)23-9-11-25-12-10-23;;/h2-8,13H,9-12,14,20H2,1H3,(H,22,24);2*1H. The molecule has 2 heterocycles. The zero-order valence-electron chi connectivity index (χ0n) is 15.3. The average molecular weight is 413 g/mol. The van der Waals surface area contributed by atoms with Gasteiger partial charge in [-0.25, -0.2) is 4.98 Å². The highest BCUT2D eigenvalue weighted by Gasteiger charge is 2.30. The van der Waals surface area contributed by atoms with Crippen molar-refractivity contribution in [3.8, 4) is 0 Å². The first-order valence-corrected chi connectivity index (χ1v) is 8.48. The van der Waals surface area contributed by atoms with Crippen LogP contribution in [0.25, 0.3) is 0 Å². The van der Waals surface area contributed by atoms with E-state index in [0.29, 0.717) is 19.8 Å². The molecule has 1 aliphatic heterocycles. The number of carbonyl (C=O) groups excluding carboxylic acids is 1. The number of carbonyl (C=O) groups is 1. The minimum absolute atomic E-state index is 0. The molecule has 27 heavy (non-hydrogen) atoms. The Labute approximate surface area is 172 Å². The Hall–Kier alpha value is -1.86. The van der Waals surface area contributed by atoms with Crippen LogP contribution in [0.3, 0.4) is 0 Å². The van der Waals surface area contributed by atoms with Crippen LogP contribution in [-0.4, -0.2) is 37.2 Å². The minimum Gasteiger partial charge on any atom is -0.378 e. The molecule has 1 aliphatic rings. The molecule has 0 aliphatic carbocycles. The van der Waals surface area contributed by atoms with Crippen LogP contribution in [0.15, 0.2) is 48.7 Å². The second-order valence-electron chi connectivity index (χ2n) is 6.37. The summed E-state index contributed by atoms with van der Waals surface area (Å²) in [6.45, 7) is 5.23. The van der Waals surface area contributed by atoms with Crippen molar-refractivity contribution in [2.45, 2.75) is 19.0 Å². The van der Waals surface area contributed by atoms with Gasteiger partial charge in [0.1, 0.15) is 11.4 Å². The zero-order chi connectivity index (χ0) is 17.7. The number of amides is 1. The summed E-state index contributed by atoms with van der Waals surface area (Å²) in [7, 11) is 0. The number of anilines is 1. The molecule has 0 spiro atoms. The topological polar surface area (TPSA) is 80.5 Å². The number of benzene rings is 1. The lowest BCUT2D eigenvalue weighted by molar-refractivity contribution is -0.126. The Bertz CT molecular complexity index is 723. The van der Waals surface area contributed by atoms with Gasteiger partial charge in [0.15, 0.2) is 0 Å². The average Bonchev–Trinajstić information content (AvgIpc) is 2.67. The quantitative estimate of drug-likeness (QED) is 0.786. The number of halogens is 2. The predicted octanol–water partition coefficient (Wildman–Crippen LogP) is 2.25. The van der Waals surface area contributed by atoms with Gasteiger partial charge in [-0.15, -0.1) is 24.8 Å². The van der Waals surface area contributed by atoms with Crippen LogP contribution in [0.4, 0.5) is 5.82 Å². The summed E-state index contributed by atoms with van der Waals surface area (Å²) < 4.78 is 5.37. The lowest BCUT2D eigenvalue weighted by Crippen LogP contribution is -2.48. The number of nitrogens with one attached hydrogen (secondary N) is 1. The van der Waals surface area contributed by atoms with Crippen LogP contribution in [0.1, 0.15) is 18.1 Å². The molecule has 3 N–H and O–H groups in total. The maximum absolute atomic E-state index is 12.5. The highest BCUT2D eigenvalue weighted by atomic mass is 35.5. The number of morpholine rings is 1. The van der Waals surface area contributed by atoms with Gasteiger partial charge in [-0.1, -0.05) is 30.3 Å². The minimum atomic E-state index is -1.07. The second kappa shape index (κ2) is 10.5. The number of ether oxygens (including phenoxy) is 1. The second-order valence-corrected chi connectivity index (χ2v) is 6.37. The highest BCUT2D eigenvalue weighted by Crippen LogP contribution is 2.18. The third-order valence-corrected chi connectivity index (χ3v) is 4.44. The van der Waals surface area contributed by atoms with Gasteiger partial charge in [0.25, 0.3) is 0 Å². The summed E-state index contributed by atoms with van der Waals surface area (Å²) in [6, 6.07) is 13.3. The molecule has 1 aromatic heterocycles. The van der Waals surface area contributed by atoms with Gasteiger partial charge in [-0.05, 0) is 30.2 Å². The lowest BCUT2D eigenvalue weighted by atomic mass is 9.92. The highest BCUT2D eigenvalue weighted by molar-refractivity contribution is 5.87. The maximum Gasteiger partial charge on any atom is 0.244 e. The number of aromatic nitrogens is 1.